The topological polar surface area (TPSA) is 75.5 Å². The molecule has 30 heavy (non-hydrogen) atoms. The molecule has 1 aromatic heterocycles. The van der Waals surface area contributed by atoms with Crippen molar-refractivity contribution in [2.75, 3.05) is 42.6 Å². The maximum absolute atomic E-state index is 12.9. The fraction of sp³-hybridized carbons (Fsp3) is 0.545. The number of anilines is 1. The second-order valence-electron chi connectivity index (χ2n) is 8.60. The summed E-state index contributed by atoms with van der Waals surface area (Å²) in [6, 6.07) is 5.81. The molecule has 1 amide bonds. The molecule has 2 aliphatic heterocycles. The van der Waals surface area contributed by atoms with Crippen molar-refractivity contribution in [1.82, 2.24) is 14.7 Å². The van der Waals surface area contributed by atoms with Crippen molar-refractivity contribution >= 4 is 21.4 Å². The molecule has 0 spiro atoms. The van der Waals surface area contributed by atoms with Gasteiger partial charge in [-0.1, -0.05) is 6.07 Å². The fourth-order valence-corrected chi connectivity index (χ4v) is 6.32. The summed E-state index contributed by atoms with van der Waals surface area (Å²) in [4.78, 5) is 17.1. The number of nitrogens with zero attached hydrogens (tertiary/aromatic N) is 4. The molecular weight excluding hydrogens is 400 g/mol. The maximum Gasteiger partial charge on any atom is 0.253 e. The Morgan fingerprint density at radius 1 is 1.03 bits per heavy atom. The maximum atomic E-state index is 12.9. The first-order valence-corrected chi connectivity index (χ1v) is 12.4. The van der Waals surface area contributed by atoms with Gasteiger partial charge in [0.2, 0.25) is 0 Å². The Morgan fingerprint density at radius 3 is 2.33 bits per heavy atom. The van der Waals surface area contributed by atoms with Gasteiger partial charge in [-0.3, -0.25) is 9.48 Å². The third-order valence-electron chi connectivity index (χ3n) is 6.48. The molecule has 0 bridgehead atoms. The normalized spacial score (nSPS) is 21.3. The van der Waals surface area contributed by atoms with Gasteiger partial charge in [0.05, 0.1) is 34.6 Å². The van der Waals surface area contributed by atoms with Gasteiger partial charge in [0.15, 0.2) is 9.84 Å². The molecule has 2 fully saturated rings. The molecule has 7 nitrogen and oxygen atoms in total. The van der Waals surface area contributed by atoms with Crippen LogP contribution in [0.2, 0.25) is 0 Å². The number of aryl methyl sites for hydroxylation is 3. The highest BCUT2D eigenvalue weighted by atomic mass is 32.2. The number of hydrogen-bond acceptors (Lipinski definition) is 5. The van der Waals surface area contributed by atoms with E-state index in [9.17, 15) is 13.2 Å². The number of amides is 1. The molecule has 8 heteroatoms. The van der Waals surface area contributed by atoms with Crippen LogP contribution in [0.15, 0.2) is 18.2 Å². The second kappa shape index (κ2) is 7.72. The van der Waals surface area contributed by atoms with Gasteiger partial charge in [0, 0.05) is 31.7 Å². The summed E-state index contributed by atoms with van der Waals surface area (Å²) in [6.45, 7) is 10.9. The van der Waals surface area contributed by atoms with E-state index >= 15 is 0 Å². The van der Waals surface area contributed by atoms with Gasteiger partial charge >= 0.3 is 0 Å². The van der Waals surface area contributed by atoms with Crippen LogP contribution < -0.4 is 4.90 Å². The third-order valence-corrected chi connectivity index (χ3v) is 8.23. The van der Waals surface area contributed by atoms with E-state index in [4.69, 9.17) is 0 Å². The first-order valence-electron chi connectivity index (χ1n) is 10.5. The van der Waals surface area contributed by atoms with Crippen molar-refractivity contribution < 1.29 is 13.2 Å². The van der Waals surface area contributed by atoms with Crippen LogP contribution >= 0.6 is 0 Å². The van der Waals surface area contributed by atoms with E-state index in [1.165, 1.54) is 5.56 Å². The predicted octanol–water partition coefficient (Wildman–Crippen LogP) is 2.44. The Morgan fingerprint density at radius 2 is 1.73 bits per heavy atom. The number of carbonyl (C=O) groups is 1. The molecule has 2 saturated heterocycles. The van der Waals surface area contributed by atoms with E-state index in [0.717, 1.165) is 41.3 Å². The van der Waals surface area contributed by atoms with Gasteiger partial charge in [0.1, 0.15) is 0 Å². The number of aromatic nitrogens is 2. The monoisotopic (exact) mass is 430 g/mol. The summed E-state index contributed by atoms with van der Waals surface area (Å²) in [6.07, 6.45) is 0.627. The third kappa shape index (κ3) is 3.85. The van der Waals surface area contributed by atoms with Crippen LogP contribution in [-0.4, -0.2) is 66.7 Å². The SMILES string of the molecule is Cc1ccc(C(=O)N2CCN(c3c(C)nn(C4CCS(=O)(=O)C4)c3C)CC2)cc1C. The van der Waals surface area contributed by atoms with Crippen molar-refractivity contribution in [1.29, 1.82) is 0 Å². The van der Waals surface area contributed by atoms with Gasteiger partial charge in [-0.25, -0.2) is 8.42 Å². The number of piperazine rings is 1. The molecule has 4 rings (SSSR count). The first kappa shape index (κ1) is 20.9. The highest BCUT2D eigenvalue weighted by Crippen LogP contribution is 2.31. The number of sulfone groups is 1. The average molecular weight is 431 g/mol. The Labute approximate surface area is 178 Å². The van der Waals surface area contributed by atoms with E-state index < -0.39 is 9.84 Å². The zero-order chi connectivity index (χ0) is 21.6. The van der Waals surface area contributed by atoms with E-state index in [1.54, 1.807) is 0 Å². The first-order chi connectivity index (χ1) is 14.2. The lowest BCUT2D eigenvalue weighted by molar-refractivity contribution is 0.0746. The largest absolute Gasteiger partial charge is 0.365 e. The van der Waals surface area contributed by atoms with Crippen molar-refractivity contribution in [2.45, 2.75) is 40.2 Å². The van der Waals surface area contributed by atoms with Gasteiger partial charge in [-0.15, -0.1) is 0 Å². The molecule has 0 radical (unpaired) electrons. The zero-order valence-electron chi connectivity index (χ0n) is 18.2. The van der Waals surface area contributed by atoms with Crippen molar-refractivity contribution in [3.8, 4) is 0 Å². The molecule has 2 aromatic rings. The van der Waals surface area contributed by atoms with E-state index in [2.05, 4.69) is 10.00 Å². The second-order valence-corrected chi connectivity index (χ2v) is 10.8. The number of carbonyl (C=O) groups excluding carboxylic acids is 1. The standard InChI is InChI=1S/C22H30N4O3S/c1-15-5-6-19(13-16(15)2)22(27)25-10-8-24(9-11-25)21-17(3)23-26(18(21)4)20-7-12-30(28,29)14-20/h5-6,13,20H,7-12,14H2,1-4H3. The Hall–Kier alpha value is -2.35. The van der Waals surface area contributed by atoms with Crippen molar-refractivity contribution in [3.05, 3.63) is 46.3 Å². The molecular formula is C22H30N4O3S. The Bertz CT molecular complexity index is 1080. The highest BCUT2D eigenvalue weighted by Gasteiger charge is 2.33. The summed E-state index contributed by atoms with van der Waals surface area (Å²) in [5, 5.41) is 4.68. The minimum atomic E-state index is -2.96. The summed E-state index contributed by atoms with van der Waals surface area (Å²) in [5.41, 5.74) is 6.09. The van der Waals surface area contributed by atoms with Crippen LogP contribution in [0.25, 0.3) is 0 Å². The van der Waals surface area contributed by atoms with Crippen molar-refractivity contribution in [3.63, 3.8) is 0 Å². The highest BCUT2D eigenvalue weighted by molar-refractivity contribution is 7.91. The van der Waals surface area contributed by atoms with Crippen LogP contribution in [0.5, 0.6) is 0 Å². The van der Waals surface area contributed by atoms with Crippen LogP contribution in [-0.2, 0) is 9.84 Å². The number of hydrogen-bond donors (Lipinski definition) is 0. The van der Waals surface area contributed by atoms with E-state index in [-0.39, 0.29) is 23.5 Å². The summed E-state index contributed by atoms with van der Waals surface area (Å²) >= 11 is 0. The lowest BCUT2D eigenvalue weighted by Crippen LogP contribution is -2.49. The minimum absolute atomic E-state index is 0.0740. The van der Waals surface area contributed by atoms with Gasteiger partial charge in [-0.05, 0) is 57.4 Å². The zero-order valence-corrected chi connectivity index (χ0v) is 19.0. The fourth-order valence-electron chi connectivity index (χ4n) is 4.63. The van der Waals surface area contributed by atoms with Gasteiger partial charge in [0.25, 0.3) is 5.91 Å². The summed E-state index contributed by atoms with van der Waals surface area (Å²) < 4.78 is 25.7. The van der Waals surface area contributed by atoms with Crippen LogP contribution in [0.4, 0.5) is 5.69 Å². The summed E-state index contributed by atoms with van der Waals surface area (Å²) in [5.74, 6) is 0.495. The lowest BCUT2D eigenvalue weighted by atomic mass is 10.1. The lowest BCUT2D eigenvalue weighted by Gasteiger charge is -2.36. The average Bonchev–Trinajstić information content (AvgIpc) is 3.21. The smallest absolute Gasteiger partial charge is 0.253 e. The van der Waals surface area contributed by atoms with Gasteiger partial charge < -0.3 is 9.80 Å². The Kier molecular flexibility index (Phi) is 5.38. The molecule has 3 heterocycles. The van der Waals surface area contributed by atoms with Crippen LogP contribution in [0.1, 0.15) is 45.3 Å². The van der Waals surface area contributed by atoms with Gasteiger partial charge in [-0.2, -0.15) is 5.10 Å². The molecule has 0 aliphatic carbocycles. The summed E-state index contributed by atoms with van der Waals surface area (Å²) in [7, 11) is -2.96. The molecule has 0 N–H and O–H groups in total. The van der Waals surface area contributed by atoms with Crippen LogP contribution in [0.3, 0.4) is 0 Å². The Balaban J connectivity index is 1.47. The van der Waals surface area contributed by atoms with Crippen LogP contribution in [0, 0.1) is 27.7 Å². The molecule has 1 unspecified atom stereocenters. The molecule has 162 valence electrons. The van der Waals surface area contributed by atoms with E-state index in [0.29, 0.717) is 19.5 Å². The van der Waals surface area contributed by atoms with Crippen molar-refractivity contribution in [2.24, 2.45) is 0 Å². The quantitative estimate of drug-likeness (QED) is 0.748. The number of rotatable bonds is 3. The minimum Gasteiger partial charge on any atom is -0.365 e. The predicted molar refractivity (Wildman–Crippen MR) is 118 cm³/mol. The molecule has 1 aromatic carbocycles. The number of benzene rings is 1. The molecule has 0 saturated carbocycles. The molecule has 2 aliphatic rings. The van der Waals surface area contributed by atoms with E-state index in [1.807, 2.05) is 55.5 Å². The molecule has 1 atom stereocenters.